The van der Waals surface area contributed by atoms with E-state index in [9.17, 15) is 33.5 Å². The van der Waals surface area contributed by atoms with Crippen LogP contribution >= 0.6 is 23.5 Å². The number of carbonyl (C=O) groups excluding carboxylic acids is 10. The first-order valence-electron chi connectivity index (χ1n) is 36.0. The maximum absolute atomic E-state index is 15.8. The number of aliphatic imine (C=N–C) groups is 1. The smallest absolute Gasteiger partial charge is 0.272 e. The van der Waals surface area contributed by atoms with Crippen molar-refractivity contribution < 1.29 is 61.8 Å². The number of rotatable bonds is 13. The molecule has 4 aliphatic rings. The molecule has 1 aliphatic carbocycles. The van der Waals surface area contributed by atoms with Crippen LogP contribution in [0.15, 0.2) is 127 Å². The molecule has 5 heterocycles. The largest absolute Gasteiger partial charge is 0.508 e. The molecule has 7 atom stereocenters. The molecule has 1 saturated carbocycles. The van der Waals surface area contributed by atoms with Crippen LogP contribution < -0.4 is 53.6 Å². The molecule has 29 heteroatoms. The summed E-state index contributed by atoms with van der Waals surface area (Å²) in [5.41, 5.74) is 15.9. The van der Waals surface area contributed by atoms with Gasteiger partial charge in [0.15, 0.2) is 0 Å². The number of phenolic OH excluding ortho intramolecular Hbond substituents is 1. The molecule has 5 aromatic carbocycles. The quantitative estimate of drug-likeness (QED) is 0.0588. The van der Waals surface area contributed by atoms with E-state index in [0.717, 1.165) is 30.4 Å². The molecule has 1 saturated heterocycles. The Bertz CT molecular complexity index is 4430. The van der Waals surface area contributed by atoms with Crippen LogP contribution in [0.4, 0.5) is 14.5 Å². The number of halogens is 2. The second kappa shape index (κ2) is 35.8. The number of H-pyrrole nitrogens is 2. The second-order valence-corrected chi connectivity index (χ2v) is 29.8. The van der Waals surface area contributed by atoms with Crippen molar-refractivity contribution in [2.45, 2.75) is 157 Å². The third-order valence-corrected chi connectivity index (χ3v) is 22.2. The van der Waals surface area contributed by atoms with Crippen LogP contribution in [0.2, 0.25) is 0 Å². The zero-order chi connectivity index (χ0) is 75.0. The number of nitrogens with two attached hydrogens (primary N) is 2. The Morgan fingerprint density at radius 3 is 2.03 bits per heavy atom. The Morgan fingerprint density at radius 1 is 0.651 bits per heavy atom. The van der Waals surface area contributed by atoms with Crippen LogP contribution in [0.3, 0.4) is 0 Å². The summed E-state index contributed by atoms with van der Waals surface area (Å²) < 4.78 is 30.0. The molecule has 0 radical (unpaired) electrons. The second-order valence-electron chi connectivity index (χ2n) is 27.7. The molecular formula is C77H90F2N14O11S2. The van der Waals surface area contributed by atoms with Crippen molar-refractivity contribution in [3.05, 3.63) is 167 Å². The number of thioether (sulfide) groups is 2. The van der Waals surface area contributed by atoms with E-state index < -0.39 is 126 Å². The molecule has 25 nitrogen and oxygen atoms in total. The fourth-order valence-electron chi connectivity index (χ4n) is 14.3. The summed E-state index contributed by atoms with van der Waals surface area (Å²) in [5, 5.41) is 30.7. The van der Waals surface area contributed by atoms with Crippen molar-refractivity contribution in [2.24, 2.45) is 22.4 Å². The van der Waals surface area contributed by atoms with Crippen molar-refractivity contribution in [2.75, 3.05) is 42.6 Å². The molecule has 0 unspecified atom stereocenters. The van der Waals surface area contributed by atoms with Crippen LogP contribution in [0, 0.1) is 17.6 Å². The van der Waals surface area contributed by atoms with Crippen molar-refractivity contribution in [3.63, 3.8) is 0 Å². The van der Waals surface area contributed by atoms with Gasteiger partial charge in [-0.2, -0.15) is 23.5 Å². The maximum Gasteiger partial charge on any atom is 0.272 e. The number of hydrogen-bond acceptors (Lipinski definition) is 15. The molecule has 11 rings (SSSR count). The van der Waals surface area contributed by atoms with Crippen LogP contribution in [-0.4, -0.2) is 164 Å². The Labute approximate surface area is 620 Å². The fourth-order valence-corrected chi connectivity index (χ4v) is 16.2. The number of aromatic nitrogens is 2. The van der Waals surface area contributed by atoms with Crippen molar-refractivity contribution >= 4 is 116 Å². The molecule has 560 valence electrons. The number of anilines is 1. The zero-order valence-corrected chi connectivity index (χ0v) is 60.6. The first-order valence-corrected chi connectivity index (χ1v) is 38.3. The van der Waals surface area contributed by atoms with Gasteiger partial charge in [-0.1, -0.05) is 73.9 Å². The van der Waals surface area contributed by atoms with E-state index in [2.05, 4.69) is 47.2 Å². The summed E-state index contributed by atoms with van der Waals surface area (Å²) in [4.78, 5) is 161. The van der Waals surface area contributed by atoms with Gasteiger partial charge in [-0.3, -0.25) is 57.8 Å². The number of aromatic amines is 2. The monoisotopic (exact) mass is 1490 g/mol. The van der Waals surface area contributed by atoms with Crippen molar-refractivity contribution in [1.82, 2.24) is 52.1 Å². The number of hydrogen-bond donors (Lipinski definition) is 12. The van der Waals surface area contributed by atoms with Gasteiger partial charge in [0.05, 0.1) is 17.9 Å². The minimum atomic E-state index is -1.78. The van der Waals surface area contributed by atoms with E-state index in [-0.39, 0.29) is 74.6 Å². The number of fused-ring (bicyclic) bond motifs is 9. The van der Waals surface area contributed by atoms with Gasteiger partial charge in [-0.25, -0.2) is 8.78 Å². The number of nitrogens with one attached hydrogen (secondary N) is 9. The normalized spacial score (nSPS) is 23.0. The van der Waals surface area contributed by atoms with E-state index in [0.29, 0.717) is 106 Å². The molecule has 4 bridgehead atoms. The molecule has 10 amide bonds. The van der Waals surface area contributed by atoms with Gasteiger partial charge in [-0.15, -0.1) is 0 Å². The number of nitrogens with zero attached hydrogens (tertiary/aromatic N) is 3. The van der Waals surface area contributed by atoms with Crippen LogP contribution in [0.1, 0.15) is 117 Å². The SMILES string of the molecule is C[C@@]12CCCN1C(=O)[C@H](Cc1ccc(O)cc1)NC(=O)CN1C(=O)[C@@H](N=C(C3CCCCC3)c3ccccc31)NC(=O)[C@H](CCc1c[nH]c3ccc(F)cc13)NC(=O)[C@H](Cc1c[nH]c3ccc(F)cc13)NC(=O)CNC(=O)[C@H](CCCCN)NC(=O)CCSCc1cccc(c1)CSC[C@@H](C(N)=O)NC2=O. The Balaban J connectivity index is 0.948. The Morgan fingerprint density at radius 2 is 1.31 bits per heavy atom. The lowest BCUT2D eigenvalue weighted by molar-refractivity contribution is -0.147. The summed E-state index contributed by atoms with van der Waals surface area (Å²) in [6, 6.07) is 22.1. The van der Waals surface area contributed by atoms with Crippen molar-refractivity contribution in [1.29, 1.82) is 0 Å². The number of primary amides is 1. The van der Waals surface area contributed by atoms with Crippen molar-refractivity contribution in [3.8, 4) is 5.75 Å². The van der Waals surface area contributed by atoms with Crippen LogP contribution in [0.5, 0.6) is 5.75 Å². The van der Waals surface area contributed by atoms with Gasteiger partial charge in [0.1, 0.15) is 59.7 Å². The van der Waals surface area contributed by atoms with Gasteiger partial charge in [-0.05, 0) is 154 Å². The molecular weight excluding hydrogens is 1400 g/mol. The third-order valence-electron chi connectivity index (χ3n) is 20.0. The highest BCUT2D eigenvalue weighted by Crippen LogP contribution is 2.36. The van der Waals surface area contributed by atoms with Gasteiger partial charge < -0.3 is 68.7 Å². The summed E-state index contributed by atoms with van der Waals surface area (Å²) in [5.74, 6) is -7.61. The highest BCUT2D eigenvalue weighted by molar-refractivity contribution is 7.98. The Hall–Kier alpha value is -10.1. The molecule has 0 spiro atoms. The zero-order valence-electron chi connectivity index (χ0n) is 59.0. The van der Waals surface area contributed by atoms with Gasteiger partial charge in [0.2, 0.25) is 59.3 Å². The maximum atomic E-state index is 15.8. The number of phenols is 1. The number of aromatic hydroxyl groups is 1. The molecule has 3 aliphatic heterocycles. The minimum absolute atomic E-state index is 0.0220. The van der Waals surface area contributed by atoms with Gasteiger partial charge in [0.25, 0.3) is 5.91 Å². The third kappa shape index (κ3) is 19.5. The standard InChI is InChI=1S/C77H90F2N14O11S2/c1-77-29-10-31-93(77)74(102)62(34-45-18-23-53(94)24-19-45)87-67(97)41-92-64-17-6-5-15-54(64)68(48-13-3-2-4-14-48)90-70(75(92)103)91-72(100)60(25-20-49-38-82-57-26-21-51(78)36-55(49)57)88-73(101)61(35-50-39-83-58-27-22-52(79)37-56(50)58)86-66(96)40-84-71(99)59(16-7-8-30-80)85-65(95)28-32-105-42-46-11-9-12-47(33-46)43-106-44-63(69(81)98)89-76(77)104/h5-6,9,11-12,15,17-19,21-24,26-27,33,36-39,48,59-63,70,82-83,94H,2-4,7-8,10,13-14,16,20,25,28-32,34-35,40-44,80H2,1H3,(H2,81,98)(H,84,99)(H,85,95)(H,86,96)(H,87,97)(H,88,101)(H,89,104)(H,91,100)/t59-,60-,61-,62-,63-,70-,77-/m0/s1. The first-order chi connectivity index (χ1) is 51.1. The number of para-hydroxylation sites is 1. The summed E-state index contributed by atoms with van der Waals surface area (Å²) in [6.07, 6.45) is 6.50. The number of unbranched alkanes of at least 4 members (excludes halogenated alkanes) is 1. The fraction of sp³-hybridized carbons (Fsp3) is 0.416. The minimum Gasteiger partial charge on any atom is -0.508 e. The predicted octanol–water partition coefficient (Wildman–Crippen LogP) is 6.02. The topological polar surface area (TPSA) is 378 Å². The highest BCUT2D eigenvalue weighted by atomic mass is 32.2. The first kappa shape index (κ1) is 77.0. The average Bonchev–Trinajstić information content (AvgIpc) is 1.61. The van der Waals surface area contributed by atoms with Gasteiger partial charge in [0, 0.05) is 94.5 Å². The van der Waals surface area contributed by atoms with E-state index in [1.165, 1.54) is 75.8 Å². The van der Waals surface area contributed by atoms with Crippen LogP contribution in [0.25, 0.3) is 21.8 Å². The summed E-state index contributed by atoms with van der Waals surface area (Å²) in [6.45, 7) is 0.567. The average molecular weight is 1490 g/mol. The lowest BCUT2D eigenvalue weighted by Gasteiger charge is -2.37. The van der Waals surface area contributed by atoms with Crippen LogP contribution in [-0.2, 0) is 78.7 Å². The molecule has 7 aromatic rings. The Kier molecular flexibility index (Phi) is 26.0. The molecule has 2 fully saturated rings. The molecule has 106 heavy (non-hydrogen) atoms. The lowest BCUT2D eigenvalue weighted by atomic mass is 9.83. The number of benzene rings is 5. The number of aryl methyl sites for hydroxylation is 1. The lowest BCUT2D eigenvalue weighted by Crippen LogP contribution is -2.62. The molecule has 14 N–H and O–H groups in total. The number of amides is 10. The predicted molar refractivity (Wildman–Crippen MR) is 402 cm³/mol. The highest BCUT2D eigenvalue weighted by Gasteiger charge is 2.49. The van der Waals surface area contributed by atoms with E-state index in [1.54, 1.807) is 61.8 Å². The van der Waals surface area contributed by atoms with Gasteiger partial charge >= 0.3 is 0 Å². The number of carbonyl (C=O) groups is 10. The van der Waals surface area contributed by atoms with E-state index >= 15 is 28.4 Å². The molecule has 2 aromatic heterocycles. The van der Waals surface area contributed by atoms with E-state index in [1.807, 2.05) is 24.3 Å². The van der Waals surface area contributed by atoms with E-state index in [4.69, 9.17) is 16.5 Å². The summed E-state index contributed by atoms with van der Waals surface area (Å²) in [7, 11) is 0. The summed E-state index contributed by atoms with van der Waals surface area (Å²) >= 11 is 2.85.